The Morgan fingerprint density at radius 2 is 1.96 bits per heavy atom. The molecule has 6 nitrogen and oxygen atoms in total. The van der Waals surface area contributed by atoms with Crippen molar-refractivity contribution in [3.05, 3.63) is 53.7 Å². The van der Waals surface area contributed by atoms with Crippen LogP contribution in [0.5, 0.6) is 0 Å². The number of guanidine groups is 1. The third-order valence-corrected chi connectivity index (χ3v) is 5.64. The fourth-order valence-corrected chi connectivity index (χ4v) is 3.83. The molecule has 0 amide bonds. The van der Waals surface area contributed by atoms with Crippen molar-refractivity contribution in [3.8, 4) is 0 Å². The highest BCUT2D eigenvalue weighted by atomic mass is 127. The molecule has 152 valence electrons. The third kappa shape index (κ3) is 4.65. The Balaban J connectivity index is 0.00000225. The fourth-order valence-electron chi connectivity index (χ4n) is 3.83. The second kappa shape index (κ2) is 9.21. The monoisotopic (exact) mass is 499 g/mol. The molecule has 1 saturated carbocycles. The average molecular weight is 499 g/mol. The van der Waals surface area contributed by atoms with Crippen LogP contribution in [0.4, 0.5) is 4.39 Å². The van der Waals surface area contributed by atoms with Gasteiger partial charge in [-0.3, -0.25) is 9.89 Å². The molecule has 0 unspecified atom stereocenters. The first-order valence-corrected chi connectivity index (χ1v) is 9.52. The molecule has 0 bridgehead atoms. The summed E-state index contributed by atoms with van der Waals surface area (Å²) in [4.78, 5) is 9.09. The van der Waals surface area contributed by atoms with E-state index in [2.05, 4.69) is 25.3 Å². The SMILES string of the molecule is CN=C(NCC1(c2ccccc2F)CC1)N1CCN(Cc2ccon2)CC1.I. The van der Waals surface area contributed by atoms with Crippen LogP contribution in [-0.2, 0) is 12.0 Å². The quantitative estimate of drug-likeness (QED) is 0.390. The van der Waals surface area contributed by atoms with Crippen molar-refractivity contribution in [3.63, 3.8) is 0 Å². The topological polar surface area (TPSA) is 56.9 Å². The molecule has 1 aliphatic carbocycles. The van der Waals surface area contributed by atoms with Crippen LogP contribution in [0.1, 0.15) is 24.1 Å². The molecule has 28 heavy (non-hydrogen) atoms. The molecule has 1 saturated heterocycles. The van der Waals surface area contributed by atoms with Crippen LogP contribution in [0.2, 0.25) is 0 Å². The van der Waals surface area contributed by atoms with Crippen molar-refractivity contribution in [2.45, 2.75) is 24.8 Å². The van der Waals surface area contributed by atoms with Crippen LogP contribution in [0.15, 0.2) is 46.1 Å². The van der Waals surface area contributed by atoms with Gasteiger partial charge in [-0.05, 0) is 24.5 Å². The van der Waals surface area contributed by atoms with Gasteiger partial charge in [0.1, 0.15) is 12.1 Å². The Bertz CT molecular complexity index is 786. The molecule has 8 heteroatoms. The molecule has 2 aliphatic rings. The summed E-state index contributed by atoms with van der Waals surface area (Å²) in [6, 6.07) is 9.04. The van der Waals surface area contributed by atoms with E-state index in [0.29, 0.717) is 0 Å². The standard InChI is InChI=1S/C20H26FN5O.HI/c1-22-19(23-15-20(7-8-20)17-4-2-3-5-18(17)21)26-11-9-25(10-12-26)14-16-6-13-27-24-16;/h2-6,13H,7-12,14-15H2,1H3,(H,22,23);1H. The van der Waals surface area contributed by atoms with Crippen molar-refractivity contribution in [2.24, 2.45) is 4.99 Å². The highest BCUT2D eigenvalue weighted by Gasteiger charge is 2.46. The number of benzene rings is 1. The van der Waals surface area contributed by atoms with Crippen LogP contribution in [0, 0.1) is 5.82 Å². The fraction of sp³-hybridized carbons (Fsp3) is 0.500. The van der Waals surface area contributed by atoms with Crippen LogP contribution in [-0.4, -0.2) is 60.7 Å². The van der Waals surface area contributed by atoms with E-state index in [4.69, 9.17) is 4.52 Å². The van der Waals surface area contributed by atoms with E-state index < -0.39 is 0 Å². The van der Waals surface area contributed by atoms with Gasteiger partial charge in [-0.25, -0.2) is 4.39 Å². The van der Waals surface area contributed by atoms with E-state index in [1.165, 1.54) is 0 Å². The molecular formula is C20H27FIN5O. The van der Waals surface area contributed by atoms with Crippen molar-refractivity contribution >= 4 is 29.9 Å². The van der Waals surface area contributed by atoms with Gasteiger partial charge in [0.05, 0.1) is 5.69 Å². The van der Waals surface area contributed by atoms with E-state index >= 15 is 0 Å². The Kier molecular flexibility index (Phi) is 6.92. The van der Waals surface area contributed by atoms with E-state index in [1.54, 1.807) is 18.4 Å². The maximum absolute atomic E-state index is 14.2. The van der Waals surface area contributed by atoms with Crippen molar-refractivity contribution < 1.29 is 8.91 Å². The number of aromatic nitrogens is 1. The minimum Gasteiger partial charge on any atom is -0.364 e. The minimum absolute atomic E-state index is 0. The highest BCUT2D eigenvalue weighted by Crippen LogP contribution is 2.48. The lowest BCUT2D eigenvalue weighted by molar-refractivity contribution is 0.169. The zero-order valence-corrected chi connectivity index (χ0v) is 18.4. The average Bonchev–Trinajstić information content (AvgIpc) is 3.30. The molecule has 1 aromatic carbocycles. The molecular weight excluding hydrogens is 472 g/mol. The van der Waals surface area contributed by atoms with E-state index in [1.807, 2.05) is 25.2 Å². The summed E-state index contributed by atoms with van der Waals surface area (Å²) in [5.41, 5.74) is 1.70. The van der Waals surface area contributed by atoms with Crippen LogP contribution >= 0.6 is 24.0 Å². The van der Waals surface area contributed by atoms with E-state index in [0.717, 1.165) is 69.3 Å². The molecule has 1 N–H and O–H groups in total. The van der Waals surface area contributed by atoms with Gasteiger partial charge in [0, 0.05) is 57.8 Å². The first kappa shape index (κ1) is 21.0. The number of halogens is 2. The maximum Gasteiger partial charge on any atom is 0.193 e. The minimum atomic E-state index is -0.103. The molecule has 4 rings (SSSR count). The lowest BCUT2D eigenvalue weighted by atomic mass is 9.95. The number of nitrogens with zero attached hydrogens (tertiary/aromatic N) is 4. The van der Waals surface area contributed by atoms with Gasteiger partial charge in [-0.15, -0.1) is 24.0 Å². The first-order valence-electron chi connectivity index (χ1n) is 9.52. The first-order chi connectivity index (χ1) is 13.2. The summed E-state index contributed by atoms with van der Waals surface area (Å²) in [5.74, 6) is 0.798. The van der Waals surface area contributed by atoms with Crippen molar-refractivity contribution in [2.75, 3.05) is 39.8 Å². The predicted octanol–water partition coefficient (Wildman–Crippen LogP) is 2.86. The number of nitrogens with one attached hydrogen (secondary N) is 1. The van der Waals surface area contributed by atoms with Gasteiger partial charge in [-0.2, -0.15) is 0 Å². The molecule has 0 atom stereocenters. The molecule has 0 spiro atoms. The molecule has 0 radical (unpaired) electrons. The summed E-state index contributed by atoms with van der Waals surface area (Å²) in [6.45, 7) is 5.25. The van der Waals surface area contributed by atoms with Gasteiger partial charge in [0.25, 0.3) is 0 Å². The summed E-state index contributed by atoms with van der Waals surface area (Å²) >= 11 is 0. The Labute approximate surface area is 182 Å². The predicted molar refractivity (Wildman–Crippen MR) is 117 cm³/mol. The number of aliphatic imine (C=N–C) groups is 1. The molecule has 2 fully saturated rings. The van der Waals surface area contributed by atoms with Crippen LogP contribution < -0.4 is 5.32 Å². The summed E-state index contributed by atoms with van der Waals surface area (Å²) in [6.07, 6.45) is 3.65. The lowest BCUT2D eigenvalue weighted by Gasteiger charge is -2.36. The van der Waals surface area contributed by atoms with Crippen molar-refractivity contribution in [1.29, 1.82) is 0 Å². The smallest absolute Gasteiger partial charge is 0.193 e. The molecule has 1 aromatic heterocycles. The number of rotatable bonds is 5. The largest absolute Gasteiger partial charge is 0.364 e. The van der Waals surface area contributed by atoms with Crippen LogP contribution in [0.3, 0.4) is 0 Å². The molecule has 1 aliphatic heterocycles. The second-order valence-electron chi connectivity index (χ2n) is 7.41. The summed E-state index contributed by atoms with van der Waals surface area (Å²) in [5, 5.41) is 7.47. The zero-order valence-electron chi connectivity index (χ0n) is 16.1. The maximum atomic E-state index is 14.2. The van der Waals surface area contributed by atoms with E-state index in [-0.39, 0.29) is 35.2 Å². The van der Waals surface area contributed by atoms with Gasteiger partial charge in [0.15, 0.2) is 5.96 Å². The zero-order chi connectivity index (χ0) is 18.7. The normalized spacial score (nSPS) is 19.2. The number of hydrogen-bond acceptors (Lipinski definition) is 4. The van der Waals surface area contributed by atoms with Gasteiger partial charge in [-0.1, -0.05) is 23.4 Å². The van der Waals surface area contributed by atoms with Gasteiger partial charge >= 0.3 is 0 Å². The van der Waals surface area contributed by atoms with E-state index in [9.17, 15) is 4.39 Å². The van der Waals surface area contributed by atoms with Gasteiger partial charge < -0.3 is 14.7 Å². The van der Waals surface area contributed by atoms with Gasteiger partial charge in [0.2, 0.25) is 0 Å². The molecule has 2 aromatic rings. The third-order valence-electron chi connectivity index (χ3n) is 5.64. The molecule has 2 heterocycles. The summed E-state index contributed by atoms with van der Waals surface area (Å²) in [7, 11) is 1.81. The Hall–Kier alpha value is -1.68. The van der Waals surface area contributed by atoms with Crippen LogP contribution in [0.25, 0.3) is 0 Å². The lowest BCUT2D eigenvalue weighted by Crippen LogP contribution is -2.53. The second-order valence-corrected chi connectivity index (χ2v) is 7.41. The summed E-state index contributed by atoms with van der Waals surface area (Å²) < 4.78 is 19.1. The number of hydrogen-bond donors (Lipinski definition) is 1. The highest BCUT2D eigenvalue weighted by molar-refractivity contribution is 14.0. The number of piperazine rings is 1. The van der Waals surface area contributed by atoms with Crippen molar-refractivity contribution in [1.82, 2.24) is 20.3 Å². The Morgan fingerprint density at radius 1 is 1.21 bits per heavy atom. The Morgan fingerprint density at radius 3 is 2.57 bits per heavy atom.